The molecule has 5 rings (SSSR count). The van der Waals surface area contributed by atoms with Crippen LogP contribution in [-0.4, -0.2) is 77.3 Å². The number of amides is 3. The van der Waals surface area contributed by atoms with Crippen molar-refractivity contribution in [3.05, 3.63) is 53.2 Å². The second-order valence-electron chi connectivity index (χ2n) is 9.36. The quantitative estimate of drug-likeness (QED) is 0.702. The van der Waals surface area contributed by atoms with E-state index in [-0.39, 0.29) is 11.9 Å². The van der Waals surface area contributed by atoms with Crippen LogP contribution in [0.3, 0.4) is 0 Å². The van der Waals surface area contributed by atoms with Crippen LogP contribution in [0.1, 0.15) is 24.8 Å². The first-order chi connectivity index (χ1) is 16.9. The summed E-state index contributed by atoms with van der Waals surface area (Å²) in [6, 6.07) is 11.3. The van der Waals surface area contributed by atoms with Gasteiger partial charge in [0, 0.05) is 70.4 Å². The number of piperazine rings is 1. The molecule has 1 aromatic heterocycles. The standard InChI is InChI=1S/C25H29ClN6O3/c1-18-4-2-5-19(16-18)28-24(34)32-10-7-25(8-11-32)17-21(29-35-25)23(33)31-14-12-30(13-15-31)22-20(26)6-3-9-27-22/h2-6,9,16H,7-8,10-15,17H2,1H3,(H,28,34). The fourth-order valence-electron chi connectivity index (χ4n) is 4.86. The van der Waals surface area contributed by atoms with E-state index in [0.29, 0.717) is 69.3 Å². The molecule has 2 aromatic rings. The van der Waals surface area contributed by atoms with Gasteiger partial charge in [-0.2, -0.15) is 0 Å². The third kappa shape index (κ3) is 5.05. The summed E-state index contributed by atoms with van der Waals surface area (Å²) in [6.45, 7) is 5.57. The minimum atomic E-state index is -0.506. The molecule has 0 bridgehead atoms. The highest BCUT2D eigenvalue weighted by atomic mass is 35.5. The van der Waals surface area contributed by atoms with E-state index in [1.54, 1.807) is 17.2 Å². The van der Waals surface area contributed by atoms with E-state index in [1.165, 1.54) is 0 Å². The van der Waals surface area contributed by atoms with Gasteiger partial charge in [-0.3, -0.25) is 4.79 Å². The van der Waals surface area contributed by atoms with Crippen LogP contribution in [0.25, 0.3) is 0 Å². The van der Waals surface area contributed by atoms with Gasteiger partial charge in [0.05, 0.1) is 5.02 Å². The number of nitrogens with one attached hydrogen (secondary N) is 1. The zero-order valence-electron chi connectivity index (χ0n) is 19.7. The number of hydrogen-bond acceptors (Lipinski definition) is 6. The van der Waals surface area contributed by atoms with Crippen molar-refractivity contribution in [2.24, 2.45) is 5.16 Å². The summed E-state index contributed by atoms with van der Waals surface area (Å²) in [4.78, 5) is 41.7. The van der Waals surface area contributed by atoms with Gasteiger partial charge in [0.1, 0.15) is 17.1 Å². The van der Waals surface area contributed by atoms with Crippen molar-refractivity contribution < 1.29 is 14.4 Å². The summed E-state index contributed by atoms with van der Waals surface area (Å²) in [7, 11) is 0. The molecule has 4 heterocycles. The van der Waals surface area contributed by atoms with Gasteiger partial charge in [0.2, 0.25) is 0 Å². The molecule has 9 nitrogen and oxygen atoms in total. The lowest BCUT2D eigenvalue weighted by Crippen LogP contribution is -2.52. The number of aromatic nitrogens is 1. The number of carbonyl (C=O) groups excluding carboxylic acids is 2. The first-order valence-corrected chi connectivity index (χ1v) is 12.3. The Kier molecular flexibility index (Phi) is 6.51. The molecule has 3 amide bonds. The molecule has 3 aliphatic rings. The Hall–Kier alpha value is -3.33. The van der Waals surface area contributed by atoms with Gasteiger partial charge in [-0.1, -0.05) is 28.9 Å². The maximum absolute atomic E-state index is 13.1. The number of piperidine rings is 1. The number of hydrogen-bond donors (Lipinski definition) is 1. The zero-order valence-corrected chi connectivity index (χ0v) is 20.5. The number of nitrogens with zero attached hydrogens (tertiary/aromatic N) is 5. The van der Waals surface area contributed by atoms with E-state index < -0.39 is 5.60 Å². The average molecular weight is 497 g/mol. The highest BCUT2D eigenvalue weighted by Crippen LogP contribution is 2.35. The monoisotopic (exact) mass is 496 g/mol. The van der Waals surface area contributed by atoms with Crippen LogP contribution < -0.4 is 10.2 Å². The predicted octanol–water partition coefficient (Wildman–Crippen LogP) is 3.54. The molecule has 35 heavy (non-hydrogen) atoms. The SMILES string of the molecule is Cc1cccc(NC(=O)N2CCC3(CC2)CC(C(=O)N2CCN(c4ncccc4Cl)CC2)=NO3)c1. The summed E-state index contributed by atoms with van der Waals surface area (Å²) in [5.41, 5.74) is 1.84. The summed E-state index contributed by atoms with van der Waals surface area (Å²) in [6.07, 6.45) is 3.48. The molecule has 0 atom stereocenters. The van der Waals surface area contributed by atoms with Crippen LogP contribution in [0.2, 0.25) is 5.02 Å². The number of aryl methyl sites for hydroxylation is 1. The Bertz CT molecular complexity index is 1140. The molecule has 2 saturated heterocycles. The number of likely N-dealkylation sites (tertiary alicyclic amines) is 1. The van der Waals surface area contributed by atoms with E-state index in [9.17, 15) is 9.59 Å². The summed E-state index contributed by atoms with van der Waals surface area (Å²) >= 11 is 6.27. The van der Waals surface area contributed by atoms with Gasteiger partial charge in [-0.05, 0) is 36.8 Å². The minimum absolute atomic E-state index is 0.0757. The van der Waals surface area contributed by atoms with Gasteiger partial charge in [0.15, 0.2) is 0 Å². The summed E-state index contributed by atoms with van der Waals surface area (Å²) < 4.78 is 0. The maximum atomic E-state index is 13.1. The van der Waals surface area contributed by atoms with E-state index in [0.717, 1.165) is 17.1 Å². The topological polar surface area (TPSA) is 90.4 Å². The molecule has 0 unspecified atom stereocenters. The molecule has 0 saturated carbocycles. The zero-order chi connectivity index (χ0) is 24.4. The van der Waals surface area contributed by atoms with Crippen LogP contribution >= 0.6 is 11.6 Å². The molecular formula is C25H29ClN6O3. The first kappa shape index (κ1) is 23.4. The molecular weight excluding hydrogens is 468 g/mol. The molecule has 1 aromatic carbocycles. The van der Waals surface area contributed by atoms with E-state index in [4.69, 9.17) is 16.4 Å². The number of halogens is 1. The molecule has 3 aliphatic heterocycles. The lowest BCUT2D eigenvalue weighted by atomic mass is 9.86. The van der Waals surface area contributed by atoms with Crippen molar-refractivity contribution in [2.75, 3.05) is 49.5 Å². The molecule has 0 aliphatic carbocycles. The van der Waals surface area contributed by atoms with Crippen molar-refractivity contribution in [1.82, 2.24) is 14.8 Å². The number of benzene rings is 1. The molecule has 2 fully saturated rings. The highest BCUT2D eigenvalue weighted by molar-refractivity contribution is 6.39. The van der Waals surface area contributed by atoms with Crippen LogP contribution in [0.5, 0.6) is 0 Å². The second kappa shape index (κ2) is 9.73. The molecule has 1 spiro atoms. The van der Waals surface area contributed by atoms with Crippen LogP contribution in [0, 0.1) is 6.92 Å². The molecule has 1 N–H and O–H groups in total. The molecule has 184 valence electrons. The van der Waals surface area contributed by atoms with Crippen LogP contribution in [-0.2, 0) is 9.63 Å². The lowest BCUT2D eigenvalue weighted by Gasteiger charge is -2.37. The number of carbonyl (C=O) groups is 2. The predicted molar refractivity (Wildman–Crippen MR) is 135 cm³/mol. The molecule has 10 heteroatoms. The third-order valence-electron chi connectivity index (χ3n) is 6.92. The van der Waals surface area contributed by atoms with Crippen LogP contribution in [0.15, 0.2) is 47.8 Å². The Morgan fingerprint density at radius 3 is 2.51 bits per heavy atom. The summed E-state index contributed by atoms with van der Waals surface area (Å²) in [5, 5.41) is 7.76. The Balaban J connectivity index is 1.11. The highest BCUT2D eigenvalue weighted by Gasteiger charge is 2.45. The smallest absolute Gasteiger partial charge is 0.321 e. The lowest BCUT2D eigenvalue weighted by molar-refractivity contribution is -0.124. The van der Waals surface area contributed by atoms with E-state index >= 15 is 0 Å². The van der Waals surface area contributed by atoms with Gasteiger partial charge in [0.25, 0.3) is 5.91 Å². The van der Waals surface area contributed by atoms with Gasteiger partial charge < -0.3 is 24.9 Å². The minimum Gasteiger partial charge on any atom is -0.388 e. The number of anilines is 2. The third-order valence-corrected chi connectivity index (χ3v) is 7.22. The van der Waals surface area contributed by atoms with E-state index in [1.807, 2.05) is 42.2 Å². The van der Waals surface area contributed by atoms with Crippen LogP contribution in [0.4, 0.5) is 16.3 Å². The molecule has 0 radical (unpaired) electrons. The normalized spacial score (nSPS) is 19.4. The largest absolute Gasteiger partial charge is 0.388 e. The number of urea groups is 1. The van der Waals surface area contributed by atoms with Crippen molar-refractivity contribution in [2.45, 2.75) is 31.8 Å². The number of rotatable bonds is 3. The second-order valence-corrected chi connectivity index (χ2v) is 9.77. The van der Waals surface area contributed by atoms with Gasteiger partial charge >= 0.3 is 6.03 Å². The van der Waals surface area contributed by atoms with Gasteiger partial charge in [-0.15, -0.1) is 0 Å². The first-order valence-electron chi connectivity index (χ1n) is 11.9. The fraction of sp³-hybridized carbons (Fsp3) is 0.440. The van der Waals surface area contributed by atoms with Gasteiger partial charge in [-0.25, -0.2) is 9.78 Å². The Morgan fingerprint density at radius 1 is 1.03 bits per heavy atom. The summed E-state index contributed by atoms with van der Waals surface area (Å²) in [5.74, 6) is 0.674. The van der Waals surface area contributed by atoms with E-state index in [2.05, 4.69) is 20.4 Å². The number of oxime groups is 1. The van der Waals surface area contributed by atoms with Crippen molar-refractivity contribution in [1.29, 1.82) is 0 Å². The Labute approximate surface area is 209 Å². The van der Waals surface area contributed by atoms with Crippen molar-refractivity contribution in [3.63, 3.8) is 0 Å². The van der Waals surface area contributed by atoms with Crippen molar-refractivity contribution >= 4 is 40.8 Å². The maximum Gasteiger partial charge on any atom is 0.321 e. The fourth-order valence-corrected chi connectivity index (χ4v) is 5.10. The van der Waals surface area contributed by atoms with Crippen molar-refractivity contribution in [3.8, 4) is 0 Å². The average Bonchev–Trinajstić information content (AvgIpc) is 3.28. The Morgan fingerprint density at radius 2 is 1.80 bits per heavy atom. The number of pyridine rings is 1.